The Hall–Kier alpha value is -1.53. The largest absolute Gasteiger partial charge is 0.387 e. The smallest absolute Gasteiger partial charge is 0.305 e. The van der Waals surface area contributed by atoms with E-state index in [1.54, 1.807) is 0 Å². The Balaban J connectivity index is 2.03. The lowest BCUT2D eigenvalue weighted by Gasteiger charge is -2.31. The molecule has 0 saturated carbocycles. The summed E-state index contributed by atoms with van der Waals surface area (Å²) >= 11 is 0. The van der Waals surface area contributed by atoms with Crippen LogP contribution < -0.4 is 0 Å². The molecule has 1 aromatic carbocycles. The van der Waals surface area contributed by atoms with Gasteiger partial charge in [-0.05, 0) is 43.5 Å². The van der Waals surface area contributed by atoms with Crippen molar-refractivity contribution in [2.24, 2.45) is 5.92 Å². The molecule has 1 atom stereocenters. The molecule has 0 bridgehead atoms. The molecule has 110 valence electrons. The van der Waals surface area contributed by atoms with Crippen LogP contribution in [-0.4, -0.2) is 34.6 Å². The number of likely N-dealkylation sites (tertiary alicyclic amines) is 1. The topological polar surface area (TPSA) is 66.6 Å². The number of hydrogen-bond acceptors (Lipinski definition) is 4. The quantitative estimate of drug-likeness (QED) is 0.680. The van der Waals surface area contributed by atoms with E-state index in [2.05, 4.69) is 11.8 Å². The SMILES string of the molecule is CC1CCN(CC(O)c2ccc(F)c([N+](=O)[O-])c2)CC1. The molecule has 1 unspecified atom stereocenters. The lowest BCUT2D eigenvalue weighted by atomic mass is 9.98. The Labute approximate surface area is 117 Å². The van der Waals surface area contributed by atoms with E-state index in [9.17, 15) is 19.6 Å². The second-order valence-electron chi connectivity index (χ2n) is 5.47. The summed E-state index contributed by atoms with van der Waals surface area (Å²) in [6.45, 7) is 4.47. The van der Waals surface area contributed by atoms with Crippen molar-refractivity contribution in [3.8, 4) is 0 Å². The van der Waals surface area contributed by atoms with Gasteiger partial charge in [0.2, 0.25) is 5.82 Å². The van der Waals surface area contributed by atoms with Crippen molar-refractivity contribution in [3.05, 3.63) is 39.7 Å². The van der Waals surface area contributed by atoms with Crippen molar-refractivity contribution >= 4 is 5.69 Å². The zero-order chi connectivity index (χ0) is 14.7. The number of piperidine rings is 1. The molecule has 0 spiro atoms. The number of nitro groups is 1. The highest BCUT2D eigenvalue weighted by molar-refractivity contribution is 5.37. The summed E-state index contributed by atoms with van der Waals surface area (Å²) in [5.41, 5.74) is -0.203. The number of benzene rings is 1. The van der Waals surface area contributed by atoms with E-state index < -0.39 is 22.5 Å². The van der Waals surface area contributed by atoms with Crippen molar-refractivity contribution < 1.29 is 14.4 Å². The monoisotopic (exact) mass is 282 g/mol. The van der Waals surface area contributed by atoms with Gasteiger partial charge in [0.15, 0.2) is 0 Å². The number of β-amino-alcohol motifs (C(OH)–C–C–N with tert-alkyl or cyclic N) is 1. The lowest BCUT2D eigenvalue weighted by molar-refractivity contribution is -0.387. The van der Waals surface area contributed by atoms with Crippen molar-refractivity contribution in [2.75, 3.05) is 19.6 Å². The van der Waals surface area contributed by atoms with E-state index in [0.29, 0.717) is 18.0 Å². The van der Waals surface area contributed by atoms with Gasteiger partial charge in [0, 0.05) is 12.6 Å². The number of nitro benzene ring substituents is 1. The van der Waals surface area contributed by atoms with Crippen LogP contribution in [-0.2, 0) is 0 Å². The molecule has 6 heteroatoms. The number of hydrogen-bond donors (Lipinski definition) is 1. The Morgan fingerprint density at radius 2 is 2.15 bits per heavy atom. The maximum Gasteiger partial charge on any atom is 0.305 e. The van der Waals surface area contributed by atoms with E-state index in [4.69, 9.17) is 0 Å². The van der Waals surface area contributed by atoms with E-state index in [0.717, 1.165) is 38.1 Å². The molecule has 1 saturated heterocycles. The summed E-state index contributed by atoms with van der Waals surface area (Å²) in [4.78, 5) is 12.1. The minimum absolute atomic E-state index is 0.386. The Morgan fingerprint density at radius 3 is 2.75 bits per heavy atom. The molecule has 0 aliphatic carbocycles. The summed E-state index contributed by atoms with van der Waals surface area (Å²) in [5.74, 6) is -0.173. The zero-order valence-electron chi connectivity index (χ0n) is 11.5. The van der Waals surface area contributed by atoms with Gasteiger partial charge in [-0.15, -0.1) is 0 Å². The van der Waals surface area contributed by atoms with Gasteiger partial charge in [-0.1, -0.05) is 13.0 Å². The Bertz CT molecular complexity index is 487. The van der Waals surface area contributed by atoms with Gasteiger partial charge in [0.05, 0.1) is 11.0 Å². The molecular formula is C14H19FN2O3. The third-order valence-electron chi connectivity index (χ3n) is 3.86. The minimum atomic E-state index is -0.877. The number of halogens is 1. The predicted molar refractivity (Wildman–Crippen MR) is 72.9 cm³/mol. The molecule has 1 N–H and O–H groups in total. The maximum absolute atomic E-state index is 13.3. The standard InChI is InChI=1S/C14H19FN2O3/c1-10-4-6-16(7-5-10)9-14(18)11-2-3-12(15)13(8-11)17(19)20/h2-3,8,10,14,18H,4-7,9H2,1H3. The van der Waals surface area contributed by atoms with Gasteiger partial charge in [-0.3, -0.25) is 10.1 Å². The van der Waals surface area contributed by atoms with E-state index in [1.807, 2.05) is 0 Å². The van der Waals surface area contributed by atoms with Gasteiger partial charge in [-0.25, -0.2) is 0 Å². The van der Waals surface area contributed by atoms with Gasteiger partial charge in [-0.2, -0.15) is 4.39 Å². The molecule has 0 aromatic heterocycles. The van der Waals surface area contributed by atoms with Crippen LogP contribution in [0.2, 0.25) is 0 Å². The third-order valence-corrected chi connectivity index (χ3v) is 3.86. The molecule has 5 nitrogen and oxygen atoms in total. The van der Waals surface area contributed by atoms with Crippen molar-refractivity contribution in [1.82, 2.24) is 4.90 Å². The van der Waals surface area contributed by atoms with Crippen LogP contribution in [0.1, 0.15) is 31.4 Å². The second kappa shape index (κ2) is 6.28. The molecule has 20 heavy (non-hydrogen) atoms. The van der Waals surface area contributed by atoms with Crippen LogP contribution in [0, 0.1) is 21.8 Å². The first-order valence-corrected chi connectivity index (χ1v) is 6.81. The summed E-state index contributed by atoms with van der Waals surface area (Å²) in [7, 11) is 0. The number of aliphatic hydroxyl groups is 1. The predicted octanol–water partition coefficient (Wildman–Crippen LogP) is 2.50. The Morgan fingerprint density at radius 1 is 1.50 bits per heavy atom. The fraction of sp³-hybridized carbons (Fsp3) is 0.571. The van der Waals surface area contributed by atoms with E-state index in [-0.39, 0.29) is 0 Å². The van der Waals surface area contributed by atoms with E-state index >= 15 is 0 Å². The maximum atomic E-state index is 13.3. The molecule has 1 heterocycles. The van der Waals surface area contributed by atoms with Gasteiger partial charge < -0.3 is 10.0 Å². The van der Waals surface area contributed by atoms with Gasteiger partial charge in [0.1, 0.15) is 0 Å². The molecule has 2 rings (SSSR count). The first-order valence-electron chi connectivity index (χ1n) is 6.81. The van der Waals surface area contributed by atoms with Crippen molar-refractivity contribution in [2.45, 2.75) is 25.9 Å². The highest BCUT2D eigenvalue weighted by Crippen LogP contribution is 2.24. The zero-order valence-corrected chi connectivity index (χ0v) is 11.5. The van der Waals surface area contributed by atoms with Crippen LogP contribution in [0.15, 0.2) is 18.2 Å². The summed E-state index contributed by atoms with van der Waals surface area (Å²) in [6, 6.07) is 3.56. The van der Waals surface area contributed by atoms with Crippen LogP contribution in [0.25, 0.3) is 0 Å². The summed E-state index contributed by atoms with van der Waals surface area (Å²) in [5, 5.41) is 20.8. The van der Waals surface area contributed by atoms with Gasteiger partial charge >= 0.3 is 5.69 Å². The normalized spacial score (nSPS) is 18.9. The third kappa shape index (κ3) is 3.52. The number of nitrogens with zero attached hydrogens (tertiary/aromatic N) is 2. The highest BCUT2D eigenvalue weighted by Gasteiger charge is 2.21. The minimum Gasteiger partial charge on any atom is -0.387 e. The average molecular weight is 282 g/mol. The molecule has 0 radical (unpaired) electrons. The van der Waals surface area contributed by atoms with Crippen molar-refractivity contribution in [3.63, 3.8) is 0 Å². The lowest BCUT2D eigenvalue weighted by Crippen LogP contribution is -2.36. The number of rotatable bonds is 4. The van der Waals surface area contributed by atoms with Crippen LogP contribution in [0.5, 0.6) is 0 Å². The summed E-state index contributed by atoms with van der Waals surface area (Å²) < 4.78 is 13.3. The molecular weight excluding hydrogens is 263 g/mol. The molecule has 1 aliphatic heterocycles. The average Bonchev–Trinajstić information content (AvgIpc) is 2.41. The fourth-order valence-corrected chi connectivity index (χ4v) is 2.47. The molecule has 1 aliphatic rings. The van der Waals surface area contributed by atoms with E-state index in [1.165, 1.54) is 6.07 Å². The summed E-state index contributed by atoms with van der Waals surface area (Å²) in [6.07, 6.45) is 1.36. The molecule has 1 aromatic rings. The molecule has 1 fully saturated rings. The van der Waals surface area contributed by atoms with Crippen LogP contribution in [0.3, 0.4) is 0 Å². The second-order valence-corrected chi connectivity index (χ2v) is 5.47. The van der Waals surface area contributed by atoms with Crippen molar-refractivity contribution in [1.29, 1.82) is 0 Å². The fourth-order valence-electron chi connectivity index (χ4n) is 2.47. The molecule has 0 amide bonds. The first-order chi connectivity index (χ1) is 9.47. The van der Waals surface area contributed by atoms with Gasteiger partial charge in [0.25, 0.3) is 0 Å². The van der Waals surface area contributed by atoms with Crippen LogP contribution >= 0.6 is 0 Å². The van der Waals surface area contributed by atoms with Crippen LogP contribution in [0.4, 0.5) is 10.1 Å². The number of aliphatic hydroxyl groups excluding tert-OH is 1. The first kappa shape index (κ1) is 14.9. The highest BCUT2D eigenvalue weighted by atomic mass is 19.1. The Kier molecular flexibility index (Phi) is 4.67.